The molecule has 0 saturated heterocycles. The van der Waals surface area contributed by atoms with Crippen molar-refractivity contribution >= 4 is 11.8 Å². The van der Waals surface area contributed by atoms with Crippen LogP contribution in [0, 0.1) is 11.8 Å². The summed E-state index contributed by atoms with van der Waals surface area (Å²) in [6, 6.07) is 1.59. The Hall–Kier alpha value is -2.39. The number of carbonyl (C=O) groups is 2. The highest BCUT2D eigenvalue weighted by Crippen LogP contribution is 2.01. The molecule has 6 heteroatoms. The number of aromatic nitrogens is 1. The molecule has 2 amide bonds. The van der Waals surface area contributed by atoms with Gasteiger partial charge in [0.05, 0.1) is 18.7 Å². The molecule has 0 saturated carbocycles. The molecule has 6 nitrogen and oxygen atoms in total. The van der Waals surface area contributed by atoms with E-state index in [-0.39, 0.29) is 25.0 Å². The maximum Gasteiger partial charge on any atom is 0.253 e. The van der Waals surface area contributed by atoms with Gasteiger partial charge in [0, 0.05) is 30.9 Å². The Balaban J connectivity index is 2.56. The number of aliphatic hydroxyl groups excluding tert-OH is 1. The Kier molecular flexibility index (Phi) is 7.54. The fourth-order valence-corrected chi connectivity index (χ4v) is 1.44. The molecule has 0 aliphatic heterocycles. The lowest BCUT2D eigenvalue weighted by Gasteiger charge is -2.06. The molecule has 0 radical (unpaired) electrons. The van der Waals surface area contributed by atoms with Crippen LogP contribution in [0.4, 0.5) is 0 Å². The number of pyridine rings is 1. The monoisotopic (exact) mass is 289 g/mol. The summed E-state index contributed by atoms with van der Waals surface area (Å²) in [7, 11) is 0. The summed E-state index contributed by atoms with van der Waals surface area (Å²) in [5.74, 6) is 4.96. The van der Waals surface area contributed by atoms with Gasteiger partial charge in [-0.2, -0.15) is 0 Å². The molecule has 0 atom stereocenters. The average Bonchev–Trinajstić information content (AvgIpc) is 2.51. The van der Waals surface area contributed by atoms with Crippen molar-refractivity contribution < 1.29 is 14.7 Å². The first-order chi connectivity index (χ1) is 10.2. The highest BCUT2D eigenvalue weighted by Gasteiger charge is 2.08. The van der Waals surface area contributed by atoms with Crippen molar-refractivity contribution in [2.24, 2.45) is 0 Å². The minimum absolute atomic E-state index is 0.00647. The number of rotatable bonds is 6. The highest BCUT2D eigenvalue weighted by molar-refractivity contribution is 5.96. The number of amides is 2. The van der Waals surface area contributed by atoms with E-state index in [1.165, 1.54) is 12.4 Å². The Morgan fingerprint density at radius 3 is 2.86 bits per heavy atom. The maximum absolute atomic E-state index is 11.9. The van der Waals surface area contributed by atoms with E-state index in [9.17, 15) is 9.59 Å². The number of nitrogens with one attached hydrogen (secondary N) is 2. The molecular formula is C15H19N3O3. The second kappa shape index (κ2) is 9.50. The van der Waals surface area contributed by atoms with E-state index in [1.807, 2.05) is 6.92 Å². The van der Waals surface area contributed by atoms with Crippen LogP contribution >= 0.6 is 0 Å². The fraction of sp³-hybridized carbons (Fsp3) is 0.400. The fourth-order valence-electron chi connectivity index (χ4n) is 1.44. The predicted molar refractivity (Wildman–Crippen MR) is 78.5 cm³/mol. The number of hydrogen-bond acceptors (Lipinski definition) is 4. The van der Waals surface area contributed by atoms with Crippen LogP contribution in [-0.4, -0.2) is 41.6 Å². The van der Waals surface area contributed by atoms with Crippen LogP contribution < -0.4 is 10.6 Å². The summed E-state index contributed by atoms with van der Waals surface area (Å²) >= 11 is 0. The molecule has 0 fully saturated rings. The second-order valence-electron chi connectivity index (χ2n) is 4.27. The first kappa shape index (κ1) is 16.7. The number of hydrogen-bond donors (Lipinski definition) is 3. The molecule has 0 spiro atoms. The van der Waals surface area contributed by atoms with E-state index >= 15 is 0 Å². The minimum Gasteiger partial charge on any atom is -0.395 e. The predicted octanol–water partition coefficient (Wildman–Crippen LogP) is 0.0715. The zero-order valence-electron chi connectivity index (χ0n) is 12.0. The lowest BCUT2D eigenvalue weighted by molar-refractivity contribution is -0.120. The van der Waals surface area contributed by atoms with Gasteiger partial charge in [-0.25, -0.2) is 0 Å². The van der Waals surface area contributed by atoms with Crippen LogP contribution in [-0.2, 0) is 4.79 Å². The Bertz CT molecular complexity index is 547. The molecule has 1 heterocycles. The molecule has 1 aromatic heterocycles. The van der Waals surface area contributed by atoms with Crippen molar-refractivity contribution in [3.8, 4) is 11.8 Å². The molecule has 112 valence electrons. The third kappa shape index (κ3) is 6.54. The Labute approximate surface area is 124 Å². The largest absolute Gasteiger partial charge is 0.395 e. The van der Waals surface area contributed by atoms with E-state index in [0.29, 0.717) is 24.1 Å². The Morgan fingerprint density at radius 2 is 2.14 bits per heavy atom. The van der Waals surface area contributed by atoms with Gasteiger partial charge in [0.2, 0.25) is 5.91 Å². The molecule has 21 heavy (non-hydrogen) atoms. The van der Waals surface area contributed by atoms with E-state index < -0.39 is 0 Å². The number of carbonyl (C=O) groups excluding carboxylic acids is 2. The summed E-state index contributed by atoms with van der Waals surface area (Å²) in [5, 5.41) is 13.8. The molecule has 0 aromatic carbocycles. The van der Waals surface area contributed by atoms with E-state index in [1.54, 1.807) is 6.07 Å². The number of nitrogens with zero attached hydrogens (tertiary/aromatic N) is 1. The van der Waals surface area contributed by atoms with Gasteiger partial charge in [-0.15, -0.1) is 0 Å². The summed E-state index contributed by atoms with van der Waals surface area (Å²) in [5.41, 5.74) is 0.931. The van der Waals surface area contributed by atoms with E-state index in [2.05, 4.69) is 27.5 Å². The summed E-state index contributed by atoms with van der Waals surface area (Å²) in [4.78, 5) is 27.2. The van der Waals surface area contributed by atoms with Crippen LogP contribution in [0.1, 0.15) is 35.7 Å². The average molecular weight is 289 g/mol. The molecule has 0 bridgehead atoms. The van der Waals surface area contributed by atoms with E-state index in [4.69, 9.17) is 5.11 Å². The minimum atomic E-state index is -0.375. The van der Waals surface area contributed by atoms with Gasteiger partial charge in [0.25, 0.3) is 5.91 Å². The van der Waals surface area contributed by atoms with Gasteiger partial charge in [0.1, 0.15) is 0 Å². The lowest BCUT2D eigenvalue weighted by atomic mass is 10.2. The van der Waals surface area contributed by atoms with E-state index in [0.717, 1.165) is 6.42 Å². The van der Waals surface area contributed by atoms with Crippen molar-refractivity contribution in [1.29, 1.82) is 0 Å². The van der Waals surface area contributed by atoms with Crippen LogP contribution in [0.15, 0.2) is 18.5 Å². The third-order valence-electron chi connectivity index (χ3n) is 2.45. The molecule has 1 rings (SSSR count). The van der Waals surface area contributed by atoms with Gasteiger partial charge >= 0.3 is 0 Å². The van der Waals surface area contributed by atoms with Crippen LogP contribution in [0.5, 0.6) is 0 Å². The number of aliphatic hydroxyl groups is 1. The van der Waals surface area contributed by atoms with Crippen molar-refractivity contribution in [3.05, 3.63) is 29.6 Å². The Morgan fingerprint density at radius 1 is 1.33 bits per heavy atom. The lowest BCUT2D eigenvalue weighted by Crippen LogP contribution is -2.37. The molecule has 3 N–H and O–H groups in total. The molecular weight excluding hydrogens is 270 g/mol. The zero-order chi connectivity index (χ0) is 15.5. The van der Waals surface area contributed by atoms with Crippen molar-refractivity contribution in [2.45, 2.75) is 19.8 Å². The second-order valence-corrected chi connectivity index (χ2v) is 4.27. The molecule has 0 aliphatic carbocycles. The van der Waals surface area contributed by atoms with Crippen LogP contribution in [0.3, 0.4) is 0 Å². The van der Waals surface area contributed by atoms with Crippen LogP contribution in [0.2, 0.25) is 0 Å². The van der Waals surface area contributed by atoms with Gasteiger partial charge in [-0.3, -0.25) is 14.6 Å². The topological polar surface area (TPSA) is 91.3 Å². The first-order valence-electron chi connectivity index (χ1n) is 6.77. The first-order valence-corrected chi connectivity index (χ1v) is 6.77. The summed E-state index contributed by atoms with van der Waals surface area (Å²) in [6.07, 6.45) is 4.16. The zero-order valence-corrected chi connectivity index (χ0v) is 12.0. The van der Waals surface area contributed by atoms with Crippen molar-refractivity contribution in [1.82, 2.24) is 15.6 Å². The van der Waals surface area contributed by atoms with Crippen molar-refractivity contribution in [2.75, 3.05) is 19.7 Å². The summed E-state index contributed by atoms with van der Waals surface area (Å²) < 4.78 is 0. The van der Waals surface area contributed by atoms with Crippen LogP contribution in [0.25, 0.3) is 0 Å². The highest BCUT2D eigenvalue weighted by atomic mass is 16.2. The van der Waals surface area contributed by atoms with Gasteiger partial charge in [-0.05, 0) is 12.5 Å². The molecule has 0 aliphatic rings. The summed E-state index contributed by atoms with van der Waals surface area (Å²) in [6.45, 7) is 2.47. The maximum atomic E-state index is 11.9. The normalized spacial score (nSPS) is 9.43. The molecule has 1 aromatic rings. The third-order valence-corrected chi connectivity index (χ3v) is 2.45. The smallest absolute Gasteiger partial charge is 0.253 e. The van der Waals surface area contributed by atoms with Gasteiger partial charge < -0.3 is 15.7 Å². The standard InChI is InChI=1S/C15H19N3O3/c1-2-6-17-14(20)11-18-15(21)13-8-12(9-16-10-13)5-3-4-7-19/h8-10,19H,2,4,6-7,11H2,1H3,(H,17,20)(H,18,21). The van der Waals surface area contributed by atoms with Gasteiger partial charge in [-0.1, -0.05) is 18.8 Å². The van der Waals surface area contributed by atoms with Crippen molar-refractivity contribution in [3.63, 3.8) is 0 Å². The SMILES string of the molecule is CCCNC(=O)CNC(=O)c1cncc(C#CCCO)c1. The quantitative estimate of drug-likeness (QED) is 0.646. The van der Waals surface area contributed by atoms with Gasteiger partial charge in [0.15, 0.2) is 0 Å². The molecule has 0 unspecified atom stereocenters.